The van der Waals surface area contributed by atoms with Gasteiger partial charge in [-0.3, -0.25) is 4.79 Å². The quantitative estimate of drug-likeness (QED) is 0.682. The zero-order chi connectivity index (χ0) is 23.0. The molecule has 1 aliphatic heterocycles. The lowest BCUT2D eigenvalue weighted by molar-refractivity contribution is -0.174. The van der Waals surface area contributed by atoms with E-state index in [1.165, 1.54) is 25.5 Å². The summed E-state index contributed by atoms with van der Waals surface area (Å²) in [4.78, 5) is 15.3. The maximum atomic E-state index is 14.1. The molecule has 4 bridgehead atoms. The Bertz CT molecular complexity index is 1030. The van der Waals surface area contributed by atoms with E-state index < -0.39 is 18.3 Å². The van der Waals surface area contributed by atoms with E-state index >= 15 is 0 Å². The minimum Gasteiger partial charge on any atom is -0.352 e. The molecule has 176 valence electrons. The Morgan fingerprint density at radius 1 is 1.03 bits per heavy atom. The largest absolute Gasteiger partial charge is 0.410 e. The lowest BCUT2D eigenvalue weighted by Crippen LogP contribution is -2.59. The van der Waals surface area contributed by atoms with Gasteiger partial charge in [0.1, 0.15) is 11.4 Å². The first-order valence-electron chi connectivity index (χ1n) is 12.0. The van der Waals surface area contributed by atoms with Gasteiger partial charge in [-0.15, -0.1) is 0 Å². The van der Waals surface area contributed by atoms with Crippen LogP contribution in [0.3, 0.4) is 0 Å². The highest BCUT2D eigenvalue weighted by Gasteiger charge is 2.53. The number of hydrogen-bond acceptors (Lipinski definition) is 3. The van der Waals surface area contributed by atoms with Crippen LogP contribution in [0.1, 0.15) is 73.0 Å². The molecule has 5 aliphatic rings. The van der Waals surface area contributed by atoms with Crippen molar-refractivity contribution in [2.45, 2.75) is 68.7 Å². The lowest BCUT2D eigenvalue weighted by atomic mass is 9.53. The first kappa shape index (κ1) is 21.1. The number of rotatable bonds is 3. The van der Waals surface area contributed by atoms with Crippen molar-refractivity contribution in [3.8, 4) is 0 Å². The number of aromatic nitrogens is 2. The van der Waals surface area contributed by atoms with Gasteiger partial charge >= 0.3 is 6.18 Å². The molecule has 33 heavy (non-hydrogen) atoms. The fourth-order valence-corrected chi connectivity index (χ4v) is 7.59. The van der Waals surface area contributed by atoms with E-state index in [4.69, 9.17) is 0 Å². The van der Waals surface area contributed by atoms with Crippen LogP contribution in [0.2, 0.25) is 0 Å². The Labute approximate surface area is 191 Å². The van der Waals surface area contributed by atoms with Crippen molar-refractivity contribution < 1.29 is 18.0 Å². The first-order chi connectivity index (χ1) is 15.7. The van der Waals surface area contributed by atoms with Gasteiger partial charge < -0.3 is 10.2 Å². The molecule has 0 unspecified atom stereocenters. The number of anilines is 1. The summed E-state index contributed by atoms with van der Waals surface area (Å²) in [7, 11) is 1.76. The fourth-order valence-electron chi connectivity index (χ4n) is 7.59. The minimum atomic E-state index is -4.46. The van der Waals surface area contributed by atoms with Crippen molar-refractivity contribution in [3.63, 3.8) is 0 Å². The zero-order valence-corrected chi connectivity index (χ0v) is 18.7. The number of nitrogens with one attached hydrogen (secondary N) is 1. The smallest absolute Gasteiger partial charge is 0.352 e. The molecule has 5 nitrogen and oxygen atoms in total. The molecule has 2 aromatic rings. The van der Waals surface area contributed by atoms with E-state index in [0.717, 1.165) is 29.5 Å². The topological polar surface area (TPSA) is 50.2 Å². The third-order valence-corrected chi connectivity index (χ3v) is 8.54. The monoisotopic (exact) mass is 458 g/mol. The predicted molar refractivity (Wildman–Crippen MR) is 118 cm³/mol. The van der Waals surface area contributed by atoms with Crippen molar-refractivity contribution >= 4 is 11.7 Å². The molecule has 4 saturated carbocycles. The number of benzene rings is 1. The summed E-state index contributed by atoms with van der Waals surface area (Å²) in [5.41, 5.74) is 0.827. The average molecular weight is 459 g/mol. The van der Waals surface area contributed by atoms with Crippen LogP contribution in [-0.2, 0) is 0 Å². The maximum absolute atomic E-state index is 14.1. The fraction of sp³-hybridized carbons (Fsp3) is 0.600. The second kappa shape index (κ2) is 7.24. The Hall–Kier alpha value is -2.51. The zero-order valence-electron chi connectivity index (χ0n) is 18.7. The molecule has 8 heteroatoms. The standard InChI is InChI=1S/C25H29F3N4O/c1-31-20(18-5-3-2-4-6-18)10-21(25(26,27)28)32-23(31)19(14-29-32)22(33)30-24-11-15-7-16(12-24)9-17(8-15)13-24/h2-6,14-17,20-21H,7-13H2,1H3,(H,30,33)/t15?,16?,17?,20-,21+,24?/m0/s1. The van der Waals surface area contributed by atoms with Crippen LogP contribution in [0.4, 0.5) is 19.0 Å². The van der Waals surface area contributed by atoms with Crippen LogP contribution in [0, 0.1) is 17.8 Å². The van der Waals surface area contributed by atoms with Crippen LogP contribution in [0.25, 0.3) is 0 Å². The predicted octanol–water partition coefficient (Wildman–Crippen LogP) is 5.27. The Morgan fingerprint density at radius 3 is 2.21 bits per heavy atom. The number of amides is 1. The molecule has 4 fully saturated rings. The summed E-state index contributed by atoms with van der Waals surface area (Å²) in [5, 5.41) is 7.40. The number of fused-ring (bicyclic) bond motifs is 1. The van der Waals surface area contributed by atoms with Crippen LogP contribution in [0.5, 0.6) is 0 Å². The molecule has 0 saturated heterocycles. The summed E-state index contributed by atoms with van der Waals surface area (Å²) in [6.07, 6.45) is 3.46. The summed E-state index contributed by atoms with van der Waals surface area (Å²) in [5.74, 6) is 1.95. The molecule has 2 atom stereocenters. The minimum absolute atomic E-state index is 0.144. The number of carbonyl (C=O) groups excluding carboxylic acids is 1. The van der Waals surface area contributed by atoms with E-state index in [2.05, 4.69) is 10.4 Å². The molecular weight excluding hydrogens is 429 g/mol. The maximum Gasteiger partial charge on any atom is 0.410 e. The molecule has 1 aromatic carbocycles. The molecule has 1 aromatic heterocycles. The van der Waals surface area contributed by atoms with Crippen molar-refractivity contribution in [1.29, 1.82) is 0 Å². The Balaban J connectivity index is 1.35. The van der Waals surface area contributed by atoms with Crippen LogP contribution in [-0.4, -0.2) is 34.5 Å². The second-order valence-corrected chi connectivity index (χ2v) is 10.8. The van der Waals surface area contributed by atoms with Gasteiger partial charge in [-0.05, 0) is 61.8 Å². The van der Waals surface area contributed by atoms with Crippen molar-refractivity contribution in [1.82, 2.24) is 15.1 Å². The highest BCUT2D eigenvalue weighted by molar-refractivity contribution is 5.99. The van der Waals surface area contributed by atoms with Gasteiger partial charge in [-0.2, -0.15) is 18.3 Å². The first-order valence-corrected chi connectivity index (χ1v) is 12.0. The summed E-state index contributed by atoms with van der Waals surface area (Å²) in [6, 6.07) is 6.94. The van der Waals surface area contributed by atoms with Gasteiger partial charge in [0.25, 0.3) is 5.91 Å². The van der Waals surface area contributed by atoms with Gasteiger partial charge in [-0.25, -0.2) is 4.68 Å². The summed E-state index contributed by atoms with van der Waals surface area (Å²) < 4.78 is 43.2. The van der Waals surface area contributed by atoms with Crippen LogP contribution >= 0.6 is 0 Å². The van der Waals surface area contributed by atoms with E-state index in [0.29, 0.717) is 17.8 Å². The second-order valence-electron chi connectivity index (χ2n) is 10.8. The van der Waals surface area contributed by atoms with Gasteiger partial charge in [0.15, 0.2) is 6.04 Å². The number of hydrogen-bond donors (Lipinski definition) is 1. The van der Waals surface area contributed by atoms with Gasteiger partial charge in [0.05, 0.1) is 12.2 Å². The highest BCUT2D eigenvalue weighted by Crippen LogP contribution is 2.56. The third kappa shape index (κ3) is 3.44. The van der Waals surface area contributed by atoms with Crippen molar-refractivity contribution in [3.05, 3.63) is 47.7 Å². The molecule has 7 rings (SSSR count). The SMILES string of the molecule is CN1c2c(C(=O)NC34CC5CC(CC(C5)C3)C4)cnn2[C@@H](C(F)(F)F)C[C@H]1c1ccccc1. The van der Waals surface area contributed by atoms with Crippen LogP contribution in [0.15, 0.2) is 36.5 Å². The summed E-state index contributed by atoms with van der Waals surface area (Å²) in [6.45, 7) is 0. The Morgan fingerprint density at radius 2 is 1.64 bits per heavy atom. The van der Waals surface area contributed by atoms with Crippen molar-refractivity contribution in [2.24, 2.45) is 17.8 Å². The molecule has 2 heterocycles. The molecule has 0 radical (unpaired) electrons. The van der Waals surface area contributed by atoms with E-state index in [9.17, 15) is 18.0 Å². The number of carbonyl (C=O) groups is 1. The van der Waals surface area contributed by atoms with Crippen LogP contribution < -0.4 is 10.2 Å². The van der Waals surface area contributed by atoms with Gasteiger partial charge in [0, 0.05) is 19.0 Å². The molecule has 1 amide bonds. The number of nitrogens with zero attached hydrogens (tertiary/aromatic N) is 3. The van der Waals surface area contributed by atoms with E-state index in [1.807, 2.05) is 30.3 Å². The number of alkyl halides is 3. The van der Waals surface area contributed by atoms with E-state index in [-0.39, 0.29) is 29.2 Å². The molecule has 4 aliphatic carbocycles. The normalized spacial score (nSPS) is 34.9. The molecular formula is C25H29F3N4O. The average Bonchev–Trinajstić information content (AvgIpc) is 3.18. The highest BCUT2D eigenvalue weighted by atomic mass is 19.4. The summed E-state index contributed by atoms with van der Waals surface area (Å²) >= 11 is 0. The third-order valence-electron chi connectivity index (χ3n) is 8.54. The van der Waals surface area contributed by atoms with Gasteiger partial charge in [-0.1, -0.05) is 30.3 Å². The molecule has 1 N–H and O–H groups in total. The number of halogens is 3. The Kier molecular flexibility index (Phi) is 4.62. The lowest BCUT2D eigenvalue weighted by Gasteiger charge is -2.56. The van der Waals surface area contributed by atoms with Gasteiger partial charge in [0.2, 0.25) is 0 Å². The van der Waals surface area contributed by atoms with E-state index in [1.54, 1.807) is 11.9 Å². The molecule has 0 spiro atoms. The van der Waals surface area contributed by atoms with Crippen molar-refractivity contribution in [2.75, 3.05) is 11.9 Å².